The highest BCUT2D eigenvalue weighted by Crippen LogP contribution is 2.45. The summed E-state index contributed by atoms with van der Waals surface area (Å²) in [5, 5.41) is 10.6. The Hall–Kier alpha value is -4.28. The van der Waals surface area contributed by atoms with Gasteiger partial charge in [-0.1, -0.05) is 253 Å². The lowest BCUT2D eigenvalue weighted by Gasteiger charge is -2.21. The maximum Gasteiger partial charge on any atom is 0.472 e. The minimum atomic E-state index is -4.99. The van der Waals surface area contributed by atoms with Gasteiger partial charge in [-0.05, 0) is 128 Å². The van der Waals surface area contributed by atoms with Crippen LogP contribution in [-0.4, -0.2) is 96.7 Å². The van der Waals surface area contributed by atoms with Gasteiger partial charge in [-0.3, -0.25) is 37.3 Å². The van der Waals surface area contributed by atoms with E-state index in [2.05, 4.69) is 113 Å². The van der Waals surface area contributed by atoms with Crippen molar-refractivity contribution in [1.29, 1.82) is 0 Å². The Morgan fingerprint density at radius 2 is 0.604 bits per heavy atom. The summed E-state index contributed by atoms with van der Waals surface area (Å²) in [6.45, 7) is 4.52. The third-order valence-electron chi connectivity index (χ3n) is 15.2. The first-order valence-electron chi connectivity index (χ1n) is 37.1. The zero-order valence-corrected chi connectivity index (χ0v) is 61.8. The largest absolute Gasteiger partial charge is 0.472 e. The molecular formula is C77H132O17P2. The molecule has 96 heavy (non-hydrogen) atoms. The van der Waals surface area contributed by atoms with E-state index in [0.29, 0.717) is 25.7 Å². The summed E-state index contributed by atoms with van der Waals surface area (Å²) in [7, 11) is -9.98. The topological polar surface area (TPSA) is 237 Å². The summed E-state index contributed by atoms with van der Waals surface area (Å²) in [5.74, 6) is -2.35. The Bertz CT molecular complexity index is 2250. The molecule has 17 nitrogen and oxygen atoms in total. The third-order valence-corrected chi connectivity index (χ3v) is 17.1. The standard InChI is InChI=1S/C77H132O17P2/c1-5-9-13-17-21-25-29-33-35-39-41-45-49-53-57-61-74(79)87-67-72(93-76(81)63-59-55-51-47-43-37-31-27-23-19-15-11-7-3)69-91-95(83,84)89-65-71(78)66-90-96(85,86)92-70-73(94-77(82)64-60-56-52-48-44-38-32-28-24-20-16-12-8-4)68-88-75(80)62-58-54-50-46-42-40-36-34-30-26-22-18-14-10-6-2/h9,13,16,20-21,25,27-28,31-36,41,45,53,57,71-73,78H,5-8,10-12,14-15,17-19,22-24,26,29-30,37-40,42-44,46-52,54-56,58-70H2,1-4H3,(H,83,84)(H,85,86)/b13-9-,20-16-,25-21-,31-27-,32-28-,35-33-,36-34-,45-41-,57-53-. The average molecular weight is 1390 g/mol. The molecule has 0 amide bonds. The first-order chi connectivity index (χ1) is 46.7. The number of unbranched alkanes of at least 4 members (excludes halogenated alkanes) is 26. The number of phosphoric acid groups is 2. The molecule has 0 heterocycles. The predicted molar refractivity (Wildman–Crippen MR) is 390 cm³/mol. The number of esters is 4. The van der Waals surface area contributed by atoms with Gasteiger partial charge in [0.25, 0.3) is 0 Å². The number of carbonyl (C=O) groups excluding carboxylic acids is 4. The monoisotopic (exact) mass is 1390 g/mol. The van der Waals surface area contributed by atoms with E-state index in [-0.39, 0.29) is 25.7 Å². The molecule has 0 aromatic carbocycles. The first kappa shape index (κ1) is 91.7. The summed E-state index contributed by atoms with van der Waals surface area (Å²) in [5.41, 5.74) is 0. The smallest absolute Gasteiger partial charge is 0.462 e. The van der Waals surface area contributed by atoms with Gasteiger partial charge in [0.05, 0.1) is 32.8 Å². The second-order valence-corrected chi connectivity index (χ2v) is 27.4. The van der Waals surface area contributed by atoms with E-state index in [9.17, 15) is 43.2 Å². The molecule has 0 aliphatic heterocycles. The summed E-state index contributed by atoms with van der Waals surface area (Å²) < 4.78 is 68.2. The van der Waals surface area contributed by atoms with Gasteiger partial charge in [0.1, 0.15) is 19.3 Å². The van der Waals surface area contributed by atoms with E-state index in [4.69, 9.17) is 37.0 Å². The van der Waals surface area contributed by atoms with Gasteiger partial charge in [0, 0.05) is 19.3 Å². The molecule has 0 aliphatic rings. The van der Waals surface area contributed by atoms with Gasteiger partial charge in [0.2, 0.25) is 0 Å². The predicted octanol–water partition coefficient (Wildman–Crippen LogP) is 21.0. The molecule has 0 aromatic heterocycles. The summed E-state index contributed by atoms with van der Waals surface area (Å²) in [4.78, 5) is 72.7. The van der Waals surface area contributed by atoms with Gasteiger partial charge < -0.3 is 33.8 Å². The molecule has 0 aliphatic carbocycles. The third kappa shape index (κ3) is 68.3. The van der Waals surface area contributed by atoms with E-state index in [1.165, 1.54) is 64.2 Å². The van der Waals surface area contributed by atoms with Crippen LogP contribution in [0.2, 0.25) is 0 Å². The molecule has 5 unspecified atom stereocenters. The minimum absolute atomic E-state index is 0.0640. The Kier molecular flexibility index (Phi) is 66.1. The van der Waals surface area contributed by atoms with Crippen molar-refractivity contribution in [3.8, 4) is 0 Å². The number of hydrogen-bond donors (Lipinski definition) is 3. The molecule has 5 atom stereocenters. The second-order valence-electron chi connectivity index (χ2n) is 24.5. The van der Waals surface area contributed by atoms with Crippen molar-refractivity contribution >= 4 is 39.5 Å². The number of aliphatic hydroxyl groups is 1. The fraction of sp³-hybridized carbons (Fsp3) is 0.714. The van der Waals surface area contributed by atoms with Crippen LogP contribution in [0.15, 0.2) is 109 Å². The highest BCUT2D eigenvalue weighted by molar-refractivity contribution is 7.47. The lowest BCUT2D eigenvalue weighted by Crippen LogP contribution is -2.30. The van der Waals surface area contributed by atoms with Crippen molar-refractivity contribution in [1.82, 2.24) is 0 Å². The van der Waals surface area contributed by atoms with E-state index in [1.807, 2.05) is 18.2 Å². The number of allylic oxidation sites excluding steroid dienone is 17. The zero-order valence-electron chi connectivity index (χ0n) is 60.0. The summed E-state index contributed by atoms with van der Waals surface area (Å²) in [6, 6.07) is 0. The van der Waals surface area contributed by atoms with Crippen LogP contribution in [0.25, 0.3) is 0 Å². The quantitative estimate of drug-likeness (QED) is 0.0169. The highest BCUT2D eigenvalue weighted by atomic mass is 31.2. The van der Waals surface area contributed by atoms with Gasteiger partial charge >= 0.3 is 39.5 Å². The van der Waals surface area contributed by atoms with Crippen LogP contribution >= 0.6 is 15.6 Å². The average Bonchev–Trinajstić information content (AvgIpc) is 1.14. The molecule has 552 valence electrons. The zero-order chi connectivity index (χ0) is 70.4. The molecule has 19 heteroatoms. The van der Waals surface area contributed by atoms with Crippen molar-refractivity contribution in [2.24, 2.45) is 0 Å². The maximum absolute atomic E-state index is 13.1. The van der Waals surface area contributed by atoms with Gasteiger partial charge in [-0.15, -0.1) is 0 Å². The second kappa shape index (κ2) is 69.2. The number of rotatable bonds is 69. The Morgan fingerprint density at radius 3 is 0.990 bits per heavy atom. The van der Waals surface area contributed by atoms with E-state index < -0.39 is 97.5 Å². The van der Waals surface area contributed by atoms with Crippen molar-refractivity contribution < 1.29 is 80.2 Å². The number of ether oxygens (including phenoxy) is 4. The van der Waals surface area contributed by atoms with Crippen LogP contribution in [0.4, 0.5) is 0 Å². The first-order valence-corrected chi connectivity index (χ1v) is 40.1. The van der Waals surface area contributed by atoms with E-state index in [1.54, 1.807) is 6.08 Å². The molecule has 0 rings (SSSR count). The number of hydrogen-bond acceptors (Lipinski definition) is 15. The van der Waals surface area contributed by atoms with Crippen LogP contribution in [0, 0.1) is 0 Å². The Morgan fingerprint density at radius 1 is 0.312 bits per heavy atom. The van der Waals surface area contributed by atoms with Gasteiger partial charge in [0.15, 0.2) is 12.2 Å². The van der Waals surface area contributed by atoms with Crippen LogP contribution in [0.3, 0.4) is 0 Å². The number of carbonyl (C=O) groups is 4. The normalized spacial score (nSPS) is 14.6. The molecule has 3 N–H and O–H groups in total. The molecule has 0 radical (unpaired) electrons. The SMILES string of the molecule is CC/C=C\C/C=C\C/C=C\C/C=C\C/C=C\CC(=O)OCC(COP(=O)(O)OCC(O)COP(=O)(O)OCC(COC(=O)CCCCCCC/C=C\CCCCCCCC)OC(=O)CCCCCCC/C=C\C/C=C\CCC)OC(=O)CCCCCCC/C=C\CCCCCC. The molecule has 0 spiro atoms. The lowest BCUT2D eigenvalue weighted by molar-refractivity contribution is -0.161. The minimum Gasteiger partial charge on any atom is -0.462 e. The molecule has 0 fully saturated rings. The Balaban J connectivity index is 5.42. The number of phosphoric ester groups is 2. The van der Waals surface area contributed by atoms with Gasteiger partial charge in [-0.2, -0.15) is 0 Å². The Labute approximate surface area is 581 Å². The molecule has 0 aromatic rings. The van der Waals surface area contributed by atoms with Crippen LogP contribution < -0.4 is 0 Å². The fourth-order valence-corrected chi connectivity index (χ4v) is 11.1. The maximum atomic E-state index is 13.1. The molecule has 0 bridgehead atoms. The molecule has 0 saturated heterocycles. The van der Waals surface area contributed by atoms with Crippen LogP contribution in [-0.2, 0) is 65.4 Å². The van der Waals surface area contributed by atoms with Crippen LogP contribution in [0.1, 0.15) is 297 Å². The van der Waals surface area contributed by atoms with Crippen molar-refractivity contribution in [3.05, 3.63) is 109 Å². The van der Waals surface area contributed by atoms with E-state index in [0.717, 1.165) is 154 Å². The van der Waals surface area contributed by atoms with Crippen molar-refractivity contribution in [2.45, 2.75) is 316 Å². The number of aliphatic hydroxyl groups excluding tert-OH is 1. The van der Waals surface area contributed by atoms with Crippen molar-refractivity contribution in [2.75, 3.05) is 39.6 Å². The molecular weight excluding hydrogens is 1260 g/mol. The fourth-order valence-electron chi connectivity index (χ4n) is 9.55. The van der Waals surface area contributed by atoms with Crippen LogP contribution in [0.5, 0.6) is 0 Å². The summed E-state index contributed by atoms with van der Waals surface area (Å²) >= 11 is 0. The lowest BCUT2D eigenvalue weighted by atomic mass is 10.1. The highest BCUT2D eigenvalue weighted by Gasteiger charge is 2.30. The van der Waals surface area contributed by atoms with E-state index >= 15 is 0 Å². The summed E-state index contributed by atoms with van der Waals surface area (Å²) in [6.07, 6.45) is 72.6. The molecule has 0 saturated carbocycles. The van der Waals surface area contributed by atoms with Crippen molar-refractivity contribution in [3.63, 3.8) is 0 Å². The van der Waals surface area contributed by atoms with Gasteiger partial charge in [-0.25, -0.2) is 9.13 Å².